The normalized spacial score (nSPS) is 19.4. The average Bonchev–Trinajstić information content (AvgIpc) is 2.89. The van der Waals surface area contributed by atoms with E-state index in [4.69, 9.17) is 0 Å². The van der Waals surface area contributed by atoms with Gasteiger partial charge in [0.15, 0.2) is 9.84 Å². The fraction of sp³-hybridized carbons (Fsp3) is 0.250. The number of amides is 1. The maximum Gasteiger partial charge on any atom is 0.255 e. The molecule has 0 radical (unpaired) electrons. The van der Waals surface area contributed by atoms with Crippen LogP contribution >= 0.6 is 0 Å². The number of carbonyl (C=O) groups is 1. The van der Waals surface area contributed by atoms with Crippen molar-refractivity contribution < 1.29 is 13.2 Å². The number of carbonyl (C=O) groups excluding carboxylic acids is 1. The molecule has 6 nitrogen and oxygen atoms in total. The van der Waals surface area contributed by atoms with Gasteiger partial charge in [-0.15, -0.1) is 0 Å². The number of nitrogens with zero attached hydrogens (tertiary/aromatic N) is 1. The van der Waals surface area contributed by atoms with Gasteiger partial charge in [0.1, 0.15) is 0 Å². The van der Waals surface area contributed by atoms with E-state index in [1.807, 2.05) is 0 Å². The van der Waals surface area contributed by atoms with Crippen LogP contribution in [0, 0.1) is 5.92 Å². The molecule has 0 aliphatic carbocycles. The van der Waals surface area contributed by atoms with Crippen LogP contribution in [0.4, 0.5) is 5.69 Å². The number of rotatable bonds is 3. The van der Waals surface area contributed by atoms with Gasteiger partial charge in [0.05, 0.1) is 17.4 Å². The van der Waals surface area contributed by atoms with Crippen molar-refractivity contribution in [3.8, 4) is 5.69 Å². The third-order valence-electron chi connectivity index (χ3n) is 3.84. The van der Waals surface area contributed by atoms with E-state index in [1.54, 1.807) is 42.6 Å². The summed E-state index contributed by atoms with van der Waals surface area (Å²) in [5, 5.41) is 2.72. The summed E-state index contributed by atoms with van der Waals surface area (Å²) in [6.45, 7) is 0. The molecule has 1 saturated heterocycles. The first kappa shape index (κ1) is 15.5. The van der Waals surface area contributed by atoms with E-state index in [1.165, 1.54) is 10.6 Å². The number of hydrogen-bond acceptors (Lipinski definition) is 4. The minimum atomic E-state index is -3.08. The summed E-state index contributed by atoms with van der Waals surface area (Å²) in [5.41, 5.74) is 1.13. The highest BCUT2D eigenvalue weighted by Crippen LogP contribution is 2.21. The summed E-state index contributed by atoms with van der Waals surface area (Å²) < 4.78 is 24.3. The molecule has 1 aliphatic heterocycles. The molecule has 1 aliphatic rings. The van der Waals surface area contributed by atoms with Gasteiger partial charge in [-0.25, -0.2) is 8.42 Å². The van der Waals surface area contributed by atoms with Gasteiger partial charge < -0.3 is 5.32 Å². The van der Waals surface area contributed by atoms with Gasteiger partial charge >= 0.3 is 0 Å². The monoisotopic (exact) mass is 332 g/mol. The first-order chi connectivity index (χ1) is 10.9. The number of aromatic nitrogens is 1. The molecule has 2 aromatic rings. The average molecular weight is 332 g/mol. The highest BCUT2D eigenvalue weighted by molar-refractivity contribution is 7.91. The Morgan fingerprint density at radius 3 is 2.48 bits per heavy atom. The summed E-state index contributed by atoms with van der Waals surface area (Å²) in [6, 6.07) is 11.7. The van der Waals surface area contributed by atoms with Gasteiger partial charge in [0.25, 0.3) is 5.56 Å². The zero-order valence-electron chi connectivity index (χ0n) is 12.3. The zero-order valence-corrected chi connectivity index (χ0v) is 13.1. The van der Waals surface area contributed by atoms with Crippen LogP contribution in [0.1, 0.15) is 6.42 Å². The molecule has 1 fully saturated rings. The van der Waals surface area contributed by atoms with Crippen molar-refractivity contribution in [1.29, 1.82) is 0 Å². The topological polar surface area (TPSA) is 85.2 Å². The molecular weight excluding hydrogens is 316 g/mol. The Kier molecular flexibility index (Phi) is 4.04. The summed E-state index contributed by atoms with van der Waals surface area (Å²) in [7, 11) is -3.08. The number of sulfone groups is 1. The molecule has 1 unspecified atom stereocenters. The van der Waals surface area contributed by atoms with Gasteiger partial charge in [-0.3, -0.25) is 14.2 Å². The predicted octanol–water partition coefficient (Wildman–Crippen LogP) is 1.21. The molecular formula is C16H16N2O4S. The number of benzene rings is 1. The van der Waals surface area contributed by atoms with Crippen molar-refractivity contribution >= 4 is 21.4 Å². The summed E-state index contributed by atoms with van der Waals surface area (Å²) in [6.07, 6.45) is 2.03. The number of anilines is 1. The fourth-order valence-electron chi connectivity index (χ4n) is 2.59. The quantitative estimate of drug-likeness (QED) is 0.915. The second-order valence-electron chi connectivity index (χ2n) is 5.54. The lowest BCUT2D eigenvalue weighted by molar-refractivity contribution is -0.119. The molecule has 23 heavy (non-hydrogen) atoms. The van der Waals surface area contributed by atoms with Crippen LogP contribution in [0.3, 0.4) is 0 Å². The van der Waals surface area contributed by atoms with Crippen molar-refractivity contribution in [1.82, 2.24) is 4.57 Å². The van der Waals surface area contributed by atoms with Gasteiger partial charge in [0.2, 0.25) is 5.91 Å². The van der Waals surface area contributed by atoms with Gasteiger partial charge in [0, 0.05) is 23.6 Å². The molecule has 0 saturated carbocycles. The SMILES string of the molecule is O=C(Nc1ccc(-n2ccccc2=O)cc1)C1CCS(=O)(=O)C1. The van der Waals surface area contributed by atoms with Gasteiger partial charge in [-0.2, -0.15) is 0 Å². The van der Waals surface area contributed by atoms with Crippen LogP contribution in [0.5, 0.6) is 0 Å². The lowest BCUT2D eigenvalue weighted by Crippen LogP contribution is -2.23. The fourth-order valence-corrected chi connectivity index (χ4v) is 4.33. The number of pyridine rings is 1. The Hall–Kier alpha value is -2.41. The molecule has 3 rings (SSSR count). The summed E-state index contributed by atoms with van der Waals surface area (Å²) >= 11 is 0. The number of hydrogen-bond donors (Lipinski definition) is 1. The minimum Gasteiger partial charge on any atom is -0.326 e. The van der Waals surface area contributed by atoms with Crippen LogP contribution in [-0.2, 0) is 14.6 Å². The molecule has 1 aromatic carbocycles. The lowest BCUT2D eigenvalue weighted by Gasteiger charge is -2.10. The first-order valence-electron chi connectivity index (χ1n) is 7.24. The summed E-state index contributed by atoms with van der Waals surface area (Å²) in [5.74, 6) is -0.788. The third kappa shape index (κ3) is 3.50. The van der Waals surface area contributed by atoms with Crippen LogP contribution in [0.2, 0.25) is 0 Å². The van der Waals surface area contributed by atoms with E-state index in [0.29, 0.717) is 17.8 Å². The number of nitrogens with one attached hydrogen (secondary N) is 1. The van der Waals surface area contributed by atoms with Gasteiger partial charge in [-0.1, -0.05) is 6.07 Å². The highest BCUT2D eigenvalue weighted by atomic mass is 32.2. The Bertz CT molecular complexity index is 885. The Morgan fingerprint density at radius 2 is 1.87 bits per heavy atom. The maximum absolute atomic E-state index is 12.1. The first-order valence-corrected chi connectivity index (χ1v) is 9.06. The van der Waals surface area contributed by atoms with Crippen LogP contribution in [0.15, 0.2) is 53.5 Å². The van der Waals surface area contributed by atoms with E-state index in [9.17, 15) is 18.0 Å². The van der Waals surface area contributed by atoms with E-state index in [0.717, 1.165) is 0 Å². The highest BCUT2D eigenvalue weighted by Gasteiger charge is 2.32. The smallest absolute Gasteiger partial charge is 0.255 e. The molecule has 1 N–H and O–H groups in total. The maximum atomic E-state index is 12.1. The Morgan fingerprint density at radius 1 is 1.13 bits per heavy atom. The van der Waals surface area contributed by atoms with Crippen LogP contribution in [0.25, 0.3) is 5.69 Å². The van der Waals surface area contributed by atoms with Crippen molar-refractivity contribution in [3.63, 3.8) is 0 Å². The van der Waals surface area contributed by atoms with E-state index < -0.39 is 15.8 Å². The van der Waals surface area contributed by atoms with E-state index in [-0.39, 0.29) is 23.0 Å². The molecule has 120 valence electrons. The molecule has 7 heteroatoms. The van der Waals surface area contributed by atoms with Crippen molar-refractivity contribution in [3.05, 3.63) is 59.0 Å². The molecule has 1 aromatic heterocycles. The molecule has 0 bridgehead atoms. The van der Waals surface area contributed by atoms with Crippen LogP contribution < -0.4 is 10.9 Å². The second kappa shape index (κ2) is 6.00. The zero-order chi connectivity index (χ0) is 16.4. The van der Waals surface area contributed by atoms with Crippen molar-refractivity contribution in [2.24, 2.45) is 5.92 Å². The van der Waals surface area contributed by atoms with Crippen LogP contribution in [-0.4, -0.2) is 30.4 Å². The third-order valence-corrected chi connectivity index (χ3v) is 5.61. The molecule has 2 heterocycles. The predicted molar refractivity (Wildman–Crippen MR) is 87.4 cm³/mol. The molecule has 1 atom stereocenters. The molecule has 1 amide bonds. The largest absolute Gasteiger partial charge is 0.326 e. The lowest BCUT2D eigenvalue weighted by atomic mass is 10.1. The van der Waals surface area contributed by atoms with E-state index >= 15 is 0 Å². The van der Waals surface area contributed by atoms with Crippen molar-refractivity contribution in [2.45, 2.75) is 6.42 Å². The Balaban J connectivity index is 1.72. The van der Waals surface area contributed by atoms with Gasteiger partial charge in [-0.05, 0) is 36.8 Å². The Labute approximate surface area is 133 Å². The second-order valence-corrected chi connectivity index (χ2v) is 7.77. The standard InChI is InChI=1S/C16H16N2O4S/c19-15-3-1-2-9-18(15)14-6-4-13(5-7-14)17-16(20)12-8-10-23(21,22)11-12/h1-7,9,12H,8,10-11H2,(H,17,20). The minimum absolute atomic E-state index is 0.0704. The van der Waals surface area contributed by atoms with E-state index in [2.05, 4.69) is 5.32 Å². The van der Waals surface area contributed by atoms with Crippen molar-refractivity contribution in [2.75, 3.05) is 16.8 Å². The summed E-state index contributed by atoms with van der Waals surface area (Å²) in [4.78, 5) is 23.8. The molecule has 0 spiro atoms.